The molecule has 3 heteroatoms. The summed E-state index contributed by atoms with van der Waals surface area (Å²) in [5.74, 6) is 0. The monoisotopic (exact) mass is 222 g/mol. The molecular weight excluding hydrogens is 200 g/mol. The van der Waals surface area contributed by atoms with Crippen LogP contribution in [0.2, 0.25) is 0 Å². The number of hydrogen-bond donors (Lipinski definition) is 2. The average Bonchev–Trinajstić information content (AvgIpc) is 2.26. The van der Waals surface area contributed by atoms with E-state index in [1.807, 2.05) is 25.1 Å². The van der Waals surface area contributed by atoms with Gasteiger partial charge in [-0.15, -0.1) is 0 Å². The van der Waals surface area contributed by atoms with Gasteiger partial charge in [0.2, 0.25) is 0 Å². The van der Waals surface area contributed by atoms with Crippen molar-refractivity contribution >= 4 is 0 Å². The van der Waals surface area contributed by atoms with E-state index < -0.39 is 0 Å². The van der Waals surface area contributed by atoms with Crippen LogP contribution in [0.25, 0.3) is 0 Å². The van der Waals surface area contributed by atoms with Gasteiger partial charge in [-0.2, -0.15) is 0 Å². The number of aliphatic hydroxyl groups excluding tert-OH is 1. The Kier molecular flexibility index (Phi) is 6.08. The van der Waals surface area contributed by atoms with Gasteiger partial charge in [-0.25, -0.2) is 0 Å². The summed E-state index contributed by atoms with van der Waals surface area (Å²) in [6.45, 7) is 5.04. The average molecular weight is 222 g/mol. The lowest BCUT2D eigenvalue weighted by atomic mass is 10.2. The Labute approximate surface area is 97.9 Å². The summed E-state index contributed by atoms with van der Waals surface area (Å²) in [7, 11) is 0. The van der Waals surface area contributed by atoms with Gasteiger partial charge in [-0.1, -0.05) is 30.3 Å². The third-order valence-corrected chi connectivity index (χ3v) is 2.45. The summed E-state index contributed by atoms with van der Waals surface area (Å²) in [4.78, 5) is 2.24. The zero-order chi connectivity index (χ0) is 11.8. The highest BCUT2D eigenvalue weighted by molar-refractivity contribution is 5.14. The molecule has 0 amide bonds. The first-order chi connectivity index (χ1) is 7.72. The first kappa shape index (κ1) is 13.2. The second kappa shape index (κ2) is 7.39. The van der Waals surface area contributed by atoms with Crippen molar-refractivity contribution < 1.29 is 5.11 Å². The molecule has 0 saturated heterocycles. The third-order valence-electron chi connectivity index (χ3n) is 2.45. The molecule has 90 valence electrons. The summed E-state index contributed by atoms with van der Waals surface area (Å²) in [5.41, 5.74) is 6.79. The van der Waals surface area contributed by atoms with Gasteiger partial charge in [0.25, 0.3) is 0 Å². The van der Waals surface area contributed by atoms with Gasteiger partial charge < -0.3 is 10.8 Å². The van der Waals surface area contributed by atoms with Gasteiger partial charge in [-0.05, 0) is 32.0 Å². The number of rotatable bonds is 7. The first-order valence-electron chi connectivity index (χ1n) is 5.86. The standard InChI is InChI=1S/C13H22N2O/c1-12(16)10-15(9-5-8-14)11-13-6-3-2-4-7-13/h2-4,6-7,12,16H,5,8-11,14H2,1H3. The minimum atomic E-state index is -0.290. The highest BCUT2D eigenvalue weighted by Crippen LogP contribution is 2.05. The topological polar surface area (TPSA) is 49.5 Å². The van der Waals surface area contributed by atoms with Crippen molar-refractivity contribution in [1.82, 2.24) is 4.90 Å². The molecule has 1 aromatic carbocycles. The molecule has 3 nitrogen and oxygen atoms in total. The van der Waals surface area contributed by atoms with Crippen LogP contribution < -0.4 is 5.73 Å². The second-order valence-corrected chi connectivity index (χ2v) is 4.21. The molecule has 16 heavy (non-hydrogen) atoms. The quantitative estimate of drug-likeness (QED) is 0.729. The summed E-state index contributed by atoms with van der Waals surface area (Å²) >= 11 is 0. The fourth-order valence-corrected chi connectivity index (χ4v) is 1.77. The van der Waals surface area contributed by atoms with Crippen LogP contribution >= 0.6 is 0 Å². The minimum absolute atomic E-state index is 0.290. The maximum atomic E-state index is 9.43. The molecule has 0 aliphatic carbocycles. The molecule has 0 fully saturated rings. The number of nitrogens with zero attached hydrogens (tertiary/aromatic N) is 1. The summed E-state index contributed by atoms with van der Waals surface area (Å²) in [5, 5.41) is 9.43. The summed E-state index contributed by atoms with van der Waals surface area (Å²) < 4.78 is 0. The minimum Gasteiger partial charge on any atom is -0.392 e. The Morgan fingerprint density at radius 3 is 2.56 bits per heavy atom. The maximum Gasteiger partial charge on any atom is 0.0639 e. The highest BCUT2D eigenvalue weighted by atomic mass is 16.3. The van der Waals surface area contributed by atoms with Gasteiger partial charge in [0.15, 0.2) is 0 Å². The van der Waals surface area contributed by atoms with Crippen LogP contribution in [-0.2, 0) is 6.54 Å². The smallest absolute Gasteiger partial charge is 0.0639 e. The number of aliphatic hydroxyl groups is 1. The zero-order valence-electron chi connectivity index (χ0n) is 9.97. The maximum absolute atomic E-state index is 9.43. The van der Waals surface area contributed by atoms with Crippen LogP contribution in [0.1, 0.15) is 18.9 Å². The van der Waals surface area contributed by atoms with Crippen LogP contribution in [0.4, 0.5) is 0 Å². The van der Waals surface area contributed by atoms with Gasteiger partial charge in [0.05, 0.1) is 6.10 Å². The van der Waals surface area contributed by atoms with Crippen molar-refractivity contribution in [2.75, 3.05) is 19.6 Å². The second-order valence-electron chi connectivity index (χ2n) is 4.21. The van der Waals surface area contributed by atoms with Crippen LogP contribution in [0.5, 0.6) is 0 Å². The molecule has 0 aliphatic rings. The third kappa shape index (κ3) is 5.26. The molecule has 0 spiro atoms. The summed E-state index contributed by atoms with van der Waals surface area (Å²) in [6.07, 6.45) is 0.681. The van der Waals surface area contributed by atoms with Gasteiger partial charge >= 0.3 is 0 Å². The first-order valence-corrected chi connectivity index (χ1v) is 5.86. The molecule has 0 aliphatic heterocycles. The van der Waals surface area contributed by atoms with E-state index in [1.165, 1.54) is 5.56 Å². The van der Waals surface area contributed by atoms with Gasteiger partial charge in [0.1, 0.15) is 0 Å². The van der Waals surface area contributed by atoms with E-state index in [4.69, 9.17) is 5.73 Å². The van der Waals surface area contributed by atoms with Crippen molar-refractivity contribution in [2.45, 2.75) is 26.0 Å². The molecule has 1 unspecified atom stereocenters. The fourth-order valence-electron chi connectivity index (χ4n) is 1.77. The van der Waals surface area contributed by atoms with E-state index in [1.54, 1.807) is 0 Å². The lowest BCUT2D eigenvalue weighted by Crippen LogP contribution is -2.32. The van der Waals surface area contributed by atoms with E-state index >= 15 is 0 Å². The number of hydrogen-bond acceptors (Lipinski definition) is 3. The molecule has 0 saturated carbocycles. The van der Waals surface area contributed by atoms with Gasteiger partial charge in [-0.3, -0.25) is 4.90 Å². The molecule has 1 rings (SSSR count). The predicted octanol–water partition coefficient (Wildman–Crippen LogP) is 1.22. The van der Waals surface area contributed by atoms with Crippen LogP contribution in [0, 0.1) is 0 Å². The van der Waals surface area contributed by atoms with E-state index in [0.717, 1.165) is 19.5 Å². The SMILES string of the molecule is CC(O)CN(CCCN)Cc1ccccc1. The molecule has 1 atom stereocenters. The Bertz CT molecular complexity index is 275. The normalized spacial score (nSPS) is 13.0. The van der Waals surface area contributed by atoms with E-state index in [0.29, 0.717) is 13.1 Å². The number of benzene rings is 1. The molecule has 0 aromatic heterocycles. The molecule has 0 radical (unpaired) electrons. The molecular formula is C13H22N2O. The molecule has 0 heterocycles. The van der Waals surface area contributed by atoms with Crippen molar-refractivity contribution in [2.24, 2.45) is 5.73 Å². The Balaban J connectivity index is 2.49. The predicted molar refractivity (Wildman–Crippen MR) is 67.1 cm³/mol. The highest BCUT2D eigenvalue weighted by Gasteiger charge is 2.08. The Morgan fingerprint density at radius 2 is 2.00 bits per heavy atom. The lowest BCUT2D eigenvalue weighted by Gasteiger charge is -2.23. The van der Waals surface area contributed by atoms with Crippen molar-refractivity contribution in [3.63, 3.8) is 0 Å². The summed E-state index contributed by atoms with van der Waals surface area (Å²) in [6, 6.07) is 10.3. The zero-order valence-corrected chi connectivity index (χ0v) is 9.97. The largest absolute Gasteiger partial charge is 0.392 e. The van der Waals surface area contributed by atoms with Crippen molar-refractivity contribution in [3.05, 3.63) is 35.9 Å². The van der Waals surface area contributed by atoms with E-state index in [2.05, 4.69) is 17.0 Å². The van der Waals surface area contributed by atoms with Crippen LogP contribution in [0.15, 0.2) is 30.3 Å². The van der Waals surface area contributed by atoms with E-state index in [9.17, 15) is 5.11 Å². The fraction of sp³-hybridized carbons (Fsp3) is 0.538. The van der Waals surface area contributed by atoms with Gasteiger partial charge in [0, 0.05) is 13.1 Å². The van der Waals surface area contributed by atoms with E-state index in [-0.39, 0.29) is 6.10 Å². The number of nitrogens with two attached hydrogens (primary N) is 1. The molecule has 1 aromatic rings. The molecule has 3 N–H and O–H groups in total. The molecule has 0 bridgehead atoms. The Hall–Kier alpha value is -0.900. The lowest BCUT2D eigenvalue weighted by molar-refractivity contribution is 0.122. The van der Waals surface area contributed by atoms with Crippen LogP contribution in [0.3, 0.4) is 0 Å². The van der Waals surface area contributed by atoms with Crippen LogP contribution in [-0.4, -0.2) is 35.7 Å². The van der Waals surface area contributed by atoms with Crippen molar-refractivity contribution in [3.8, 4) is 0 Å². The van der Waals surface area contributed by atoms with Crippen molar-refractivity contribution in [1.29, 1.82) is 0 Å². The Morgan fingerprint density at radius 1 is 1.31 bits per heavy atom.